The van der Waals surface area contributed by atoms with Gasteiger partial charge in [-0.2, -0.15) is 0 Å². The summed E-state index contributed by atoms with van der Waals surface area (Å²) in [6.45, 7) is 5.62. The molecule has 0 bridgehead atoms. The van der Waals surface area contributed by atoms with E-state index < -0.39 is 29.3 Å². The van der Waals surface area contributed by atoms with E-state index in [1.54, 1.807) is 36.4 Å². The molecule has 0 atom stereocenters. The average molecular weight is 1070 g/mol. The molecule has 6 aromatic carbocycles. The Morgan fingerprint density at radius 1 is 0.392 bits per heavy atom. The smallest absolute Gasteiger partial charge is 0.336 e. The Hall–Kier alpha value is -8.12. The first-order valence-electron chi connectivity index (χ1n) is 28.0. The molecule has 0 aliphatic heterocycles. The molecular formula is C67H78N2O10. The highest BCUT2D eigenvalue weighted by Gasteiger charge is 2.49. The number of hydrogen-bond acceptors (Lipinski definition) is 12. The number of unbranched alkanes of at least 4 members (excludes halogenated alkanes) is 8. The van der Waals surface area contributed by atoms with Crippen LogP contribution in [0.3, 0.4) is 0 Å². The molecule has 0 aliphatic carbocycles. The monoisotopic (exact) mass is 1070 g/mol. The molecule has 0 aliphatic rings. The molecular weight excluding hydrogens is 993 g/mol. The predicted molar refractivity (Wildman–Crippen MR) is 314 cm³/mol. The van der Waals surface area contributed by atoms with Gasteiger partial charge >= 0.3 is 23.9 Å². The summed E-state index contributed by atoms with van der Waals surface area (Å²) in [6.07, 6.45) is 19.0. The Balaban J connectivity index is 0.914. The zero-order chi connectivity index (χ0) is 55.9. The second-order valence-corrected chi connectivity index (χ2v) is 19.9. The number of rotatable bonds is 34. The molecule has 12 heteroatoms. The Bertz CT molecular complexity index is 2630. The Labute approximate surface area is 467 Å². The third kappa shape index (κ3) is 21.7. The predicted octanol–water partition coefficient (Wildman–Crippen LogP) is 13.9. The van der Waals surface area contributed by atoms with Crippen molar-refractivity contribution >= 4 is 47.4 Å². The highest BCUT2D eigenvalue weighted by atomic mass is 16.6. The Morgan fingerprint density at radius 2 is 0.722 bits per heavy atom. The zero-order valence-corrected chi connectivity index (χ0v) is 46.0. The number of aryl methyl sites for hydroxylation is 2. The lowest BCUT2D eigenvalue weighted by Crippen LogP contribution is -2.46. The van der Waals surface area contributed by atoms with Crippen LogP contribution in [0.2, 0.25) is 0 Å². The largest absolute Gasteiger partial charge is 0.494 e. The van der Waals surface area contributed by atoms with Crippen LogP contribution in [0.25, 0.3) is 12.2 Å². The van der Waals surface area contributed by atoms with Crippen molar-refractivity contribution in [1.29, 1.82) is 0 Å². The number of ether oxygens (including phenoxy) is 6. The van der Waals surface area contributed by atoms with Crippen molar-refractivity contribution in [2.45, 2.75) is 117 Å². The number of carbonyl (C=O) groups excluding carboxylic acids is 4. The average Bonchev–Trinajstić information content (AvgIpc) is 3.53. The molecule has 0 spiro atoms. The van der Waals surface area contributed by atoms with Gasteiger partial charge in [-0.1, -0.05) is 99.5 Å². The fourth-order valence-corrected chi connectivity index (χ4v) is 8.69. The summed E-state index contributed by atoms with van der Waals surface area (Å²) in [5.74, 6) is 0.308. The Morgan fingerprint density at radius 3 is 1.08 bits per heavy atom. The molecule has 4 N–H and O–H groups in total. The summed E-state index contributed by atoms with van der Waals surface area (Å²) in [6, 6.07) is 44.5. The minimum atomic E-state index is -1.67. The summed E-state index contributed by atoms with van der Waals surface area (Å²) in [5.41, 5.74) is 17.1. The lowest BCUT2D eigenvalue weighted by molar-refractivity contribution is -0.173. The topological polar surface area (TPSA) is 176 Å². The third-order valence-electron chi connectivity index (χ3n) is 13.3. The van der Waals surface area contributed by atoms with Crippen LogP contribution in [-0.4, -0.2) is 50.3 Å². The maximum absolute atomic E-state index is 14.4. The lowest BCUT2D eigenvalue weighted by atomic mass is 9.76. The van der Waals surface area contributed by atoms with Crippen LogP contribution in [0.4, 0.5) is 11.4 Å². The number of hydrogen-bond donors (Lipinski definition) is 2. The van der Waals surface area contributed by atoms with Crippen molar-refractivity contribution in [2.24, 2.45) is 5.41 Å². The van der Waals surface area contributed by atoms with Crippen molar-refractivity contribution in [2.75, 3.05) is 37.9 Å². The van der Waals surface area contributed by atoms with Gasteiger partial charge in [0.2, 0.25) is 0 Å². The molecule has 0 heterocycles. The van der Waals surface area contributed by atoms with E-state index in [1.165, 1.54) is 23.3 Å². The van der Waals surface area contributed by atoms with E-state index in [1.807, 2.05) is 121 Å². The van der Waals surface area contributed by atoms with Crippen molar-refractivity contribution < 1.29 is 47.6 Å². The number of anilines is 2. The first-order valence-corrected chi connectivity index (χ1v) is 28.0. The second-order valence-electron chi connectivity index (χ2n) is 19.9. The molecule has 0 aromatic heterocycles. The standard InChI is InChI=1S/C67H78N2O10/c1-3-5-15-51-25-39-61(40-26-51)78-63(70)43-29-53-21-35-59(36-22-53)74-45-11-7-9-13-47-76-65(72)67(49-55-17-31-57(68)32-18-55,50-56-19-33-58(69)34-20-56)66(73)77-48-14-10-8-12-46-75-60-37-23-54(24-38-60)30-44-64(71)79-62-41-27-52(28-42-62)16-6-4-2/h17-44H,3-16,45-50,68-69H2,1-2H3/b43-29+,44-30+. The van der Waals surface area contributed by atoms with E-state index in [0.29, 0.717) is 48.9 Å². The highest BCUT2D eigenvalue weighted by molar-refractivity contribution is 6.01. The van der Waals surface area contributed by atoms with Gasteiger partial charge < -0.3 is 39.9 Å². The molecule has 0 unspecified atom stereocenters. The minimum Gasteiger partial charge on any atom is -0.494 e. The minimum absolute atomic E-state index is 0.0556. The van der Waals surface area contributed by atoms with Crippen molar-refractivity contribution in [3.63, 3.8) is 0 Å². The van der Waals surface area contributed by atoms with Crippen molar-refractivity contribution in [3.05, 3.63) is 191 Å². The Kier molecular flexibility index (Phi) is 25.3. The first kappa shape index (κ1) is 60.1. The van der Waals surface area contributed by atoms with Crippen molar-refractivity contribution in [3.8, 4) is 23.0 Å². The van der Waals surface area contributed by atoms with Crippen LogP contribution in [0.15, 0.2) is 158 Å². The van der Waals surface area contributed by atoms with Gasteiger partial charge in [0.05, 0.1) is 26.4 Å². The van der Waals surface area contributed by atoms with Crippen LogP contribution in [0.5, 0.6) is 23.0 Å². The molecule has 6 aromatic rings. The molecule has 416 valence electrons. The summed E-state index contributed by atoms with van der Waals surface area (Å²) in [7, 11) is 0. The summed E-state index contributed by atoms with van der Waals surface area (Å²) < 4.78 is 34.8. The van der Waals surface area contributed by atoms with E-state index in [9.17, 15) is 19.2 Å². The second kappa shape index (κ2) is 33.2. The van der Waals surface area contributed by atoms with Gasteiger partial charge in [0.1, 0.15) is 23.0 Å². The fourth-order valence-electron chi connectivity index (χ4n) is 8.69. The molecule has 0 saturated heterocycles. The number of nitrogens with two attached hydrogens (primary N) is 2. The van der Waals surface area contributed by atoms with E-state index in [0.717, 1.165) is 111 Å². The van der Waals surface area contributed by atoms with E-state index in [-0.39, 0.29) is 26.1 Å². The quantitative estimate of drug-likeness (QED) is 0.00978. The van der Waals surface area contributed by atoms with Crippen molar-refractivity contribution in [1.82, 2.24) is 0 Å². The molecule has 0 fully saturated rings. The van der Waals surface area contributed by atoms with Gasteiger partial charge in [0.25, 0.3) is 0 Å². The van der Waals surface area contributed by atoms with Gasteiger partial charge in [-0.15, -0.1) is 0 Å². The van der Waals surface area contributed by atoms with Gasteiger partial charge in [0, 0.05) is 23.5 Å². The molecule has 6 rings (SSSR count). The zero-order valence-electron chi connectivity index (χ0n) is 46.0. The van der Waals surface area contributed by atoms with Gasteiger partial charge in [0.15, 0.2) is 5.41 Å². The number of esters is 4. The van der Waals surface area contributed by atoms with Crippen LogP contribution >= 0.6 is 0 Å². The molecule has 0 radical (unpaired) electrons. The lowest BCUT2D eigenvalue weighted by Gasteiger charge is -2.30. The number of benzene rings is 6. The van der Waals surface area contributed by atoms with Crippen LogP contribution in [0.1, 0.15) is 124 Å². The molecule has 0 saturated carbocycles. The van der Waals surface area contributed by atoms with Gasteiger partial charge in [-0.25, -0.2) is 9.59 Å². The third-order valence-corrected chi connectivity index (χ3v) is 13.3. The van der Waals surface area contributed by atoms with Crippen LogP contribution in [-0.2, 0) is 54.3 Å². The normalized spacial score (nSPS) is 11.4. The molecule has 79 heavy (non-hydrogen) atoms. The molecule has 0 amide bonds. The number of carbonyl (C=O) groups is 4. The maximum atomic E-state index is 14.4. The van der Waals surface area contributed by atoms with Gasteiger partial charge in [-0.3, -0.25) is 9.59 Å². The van der Waals surface area contributed by atoms with Crippen LogP contribution in [0, 0.1) is 5.41 Å². The van der Waals surface area contributed by atoms with E-state index in [4.69, 9.17) is 39.9 Å². The highest BCUT2D eigenvalue weighted by Crippen LogP contribution is 2.33. The summed E-state index contributed by atoms with van der Waals surface area (Å²) in [4.78, 5) is 53.6. The summed E-state index contributed by atoms with van der Waals surface area (Å²) >= 11 is 0. The van der Waals surface area contributed by atoms with Gasteiger partial charge in [-0.05, 0) is 208 Å². The van der Waals surface area contributed by atoms with Crippen LogP contribution < -0.4 is 30.4 Å². The first-order chi connectivity index (χ1) is 38.5. The number of nitrogen functional groups attached to an aromatic ring is 2. The fraction of sp³-hybridized carbons (Fsp3) is 0.343. The van der Waals surface area contributed by atoms with E-state index in [2.05, 4.69) is 13.8 Å². The SMILES string of the molecule is CCCCc1ccc(OC(=O)/C=C/c2ccc(OCCCCCCOC(=O)C(Cc3ccc(N)cc3)(Cc3ccc(N)cc3)C(=O)OCCCCCCOc3ccc(/C=C/C(=O)Oc4ccc(CCCC)cc4)cc3)cc2)cc1. The molecule has 12 nitrogen and oxygen atoms in total. The summed E-state index contributed by atoms with van der Waals surface area (Å²) in [5, 5.41) is 0. The maximum Gasteiger partial charge on any atom is 0.336 e. The van der Waals surface area contributed by atoms with E-state index >= 15 is 0 Å².